The van der Waals surface area contributed by atoms with Gasteiger partial charge in [-0.25, -0.2) is 19.9 Å². The van der Waals surface area contributed by atoms with Gasteiger partial charge in [0.25, 0.3) is 0 Å². The number of aromatic nitrogens is 4. The largest absolute Gasteiger partial charge is 0.348 e. The van der Waals surface area contributed by atoms with Crippen LogP contribution >= 0.6 is 15.9 Å². The summed E-state index contributed by atoms with van der Waals surface area (Å²) in [4.78, 5) is 19.3. The van der Waals surface area contributed by atoms with Gasteiger partial charge in [-0.3, -0.25) is 0 Å². The molecule has 0 saturated carbocycles. The lowest BCUT2D eigenvalue weighted by Gasteiger charge is -2.16. The van der Waals surface area contributed by atoms with E-state index in [9.17, 15) is 0 Å². The molecule has 0 unspecified atom stereocenters. The van der Waals surface area contributed by atoms with Gasteiger partial charge < -0.3 is 4.90 Å². The van der Waals surface area contributed by atoms with Gasteiger partial charge >= 0.3 is 0 Å². The third-order valence-electron chi connectivity index (χ3n) is 3.67. The van der Waals surface area contributed by atoms with Crippen molar-refractivity contribution in [2.75, 3.05) is 4.90 Å². The van der Waals surface area contributed by atoms with E-state index < -0.39 is 0 Å². The first kappa shape index (κ1) is 13.3. The molecule has 108 valence electrons. The van der Waals surface area contributed by atoms with Crippen molar-refractivity contribution >= 4 is 21.7 Å². The zero-order valence-electron chi connectivity index (χ0n) is 11.6. The van der Waals surface area contributed by atoms with E-state index >= 15 is 0 Å². The van der Waals surface area contributed by atoms with Gasteiger partial charge in [-0.15, -0.1) is 0 Å². The Balaban J connectivity index is 1.65. The SMILES string of the molecule is Brc1ccc2c(c1)CN(c1ccnc(-c3ccncn3)n1)C2. The van der Waals surface area contributed by atoms with E-state index in [4.69, 9.17) is 0 Å². The number of hydrogen-bond acceptors (Lipinski definition) is 5. The monoisotopic (exact) mass is 353 g/mol. The number of hydrogen-bond donors (Lipinski definition) is 0. The Morgan fingerprint density at radius 2 is 1.86 bits per heavy atom. The van der Waals surface area contributed by atoms with E-state index in [1.165, 1.54) is 17.5 Å². The molecule has 0 fully saturated rings. The van der Waals surface area contributed by atoms with Gasteiger partial charge in [-0.05, 0) is 35.4 Å². The Hall–Kier alpha value is -2.34. The van der Waals surface area contributed by atoms with Gasteiger partial charge in [0, 0.05) is 30.0 Å². The highest BCUT2D eigenvalue weighted by atomic mass is 79.9. The lowest BCUT2D eigenvalue weighted by atomic mass is 10.1. The molecule has 1 aromatic carbocycles. The van der Waals surface area contributed by atoms with Gasteiger partial charge in [0.1, 0.15) is 17.8 Å². The van der Waals surface area contributed by atoms with Crippen molar-refractivity contribution < 1.29 is 0 Å². The van der Waals surface area contributed by atoms with Crippen molar-refractivity contribution in [3.63, 3.8) is 0 Å². The molecule has 5 nitrogen and oxygen atoms in total. The standard InChI is InChI=1S/C16H12BrN5/c17-13-2-1-11-8-22(9-12(11)7-13)15-4-6-19-16(21-15)14-3-5-18-10-20-14/h1-7,10H,8-9H2. The van der Waals surface area contributed by atoms with Crippen LogP contribution in [0.2, 0.25) is 0 Å². The molecule has 0 atom stereocenters. The number of benzene rings is 1. The number of nitrogens with zero attached hydrogens (tertiary/aromatic N) is 5. The fraction of sp³-hybridized carbons (Fsp3) is 0.125. The molecule has 0 spiro atoms. The van der Waals surface area contributed by atoms with Gasteiger partial charge in [0.15, 0.2) is 5.82 Å². The van der Waals surface area contributed by atoms with E-state index in [1.807, 2.05) is 12.1 Å². The summed E-state index contributed by atoms with van der Waals surface area (Å²) in [5.74, 6) is 1.54. The summed E-state index contributed by atoms with van der Waals surface area (Å²) in [6.07, 6.45) is 4.98. The lowest BCUT2D eigenvalue weighted by Crippen LogP contribution is -2.16. The molecular weight excluding hydrogens is 342 g/mol. The van der Waals surface area contributed by atoms with Crippen LogP contribution in [0.5, 0.6) is 0 Å². The van der Waals surface area contributed by atoms with E-state index in [0.29, 0.717) is 5.82 Å². The Labute approximate surface area is 136 Å². The summed E-state index contributed by atoms with van der Waals surface area (Å²) in [5.41, 5.74) is 3.40. The van der Waals surface area contributed by atoms with Crippen molar-refractivity contribution in [2.45, 2.75) is 13.1 Å². The van der Waals surface area contributed by atoms with E-state index in [2.05, 4.69) is 59.0 Å². The summed E-state index contributed by atoms with van der Waals surface area (Å²) in [6, 6.07) is 10.2. The number of rotatable bonds is 2. The van der Waals surface area contributed by atoms with Crippen LogP contribution in [0.25, 0.3) is 11.5 Å². The van der Waals surface area contributed by atoms with Gasteiger partial charge in [-0.2, -0.15) is 0 Å². The van der Waals surface area contributed by atoms with Crippen molar-refractivity contribution in [1.29, 1.82) is 0 Å². The zero-order chi connectivity index (χ0) is 14.9. The van der Waals surface area contributed by atoms with Crippen LogP contribution in [-0.4, -0.2) is 19.9 Å². The van der Waals surface area contributed by atoms with Crippen LogP contribution in [0, 0.1) is 0 Å². The van der Waals surface area contributed by atoms with Crippen molar-refractivity contribution in [1.82, 2.24) is 19.9 Å². The maximum absolute atomic E-state index is 4.64. The van der Waals surface area contributed by atoms with Crippen molar-refractivity contribution in [3.05, 3.63) is 64.7 Å². The smallest absolute Gasteiger partial charge is 0.180 e. The van der Waals surface area contributed by atoms with Crippen molar-refractivity contribution in [3.8, 4) is 11.5 Å². The van der Waals surface area contributed by atoms with E-state index in [1.54, 1.807) is 12.4 Å². The van der Waals surface area contributed by atoms with Crippen LogP contribution in [0.1, 0.15) is 11.1 Å². The summed E-state index contributed by atoms with van der Waals surface area (Å²) in [5, 5.41) is 0. The predicted molar refractivity (Wildman–Crippen MR) is 87.1 cm³/mol. The number of halogens is 1. The summed E-state index contributed by atoms with van der Waals surface area (Å²) in [7, 11) is 0. The first-order valence-electron chi connectivity index (χ1n) is 6.91. The maximum Gasteiger partial charge on any atom is 0.180 e. The molecule has 0 N–H and O–H groups in total. The zero-order valence-corrected chi connectivity index (χ0v) is 13.2. The van der Waals surface area contributed by atoms with Crippen molar-refractivity contribution in [2.24, 2.45) is 0 Å². The fourth-order valence-electron chi connectivity index (χ4n) is 2.60. The molecule has 3 aromatic rings. The Morgan fingerprint density at radius 1 is 0.955 bits per heavy atom. The molecule has 4 rings (SSSR count). The lowest BCUT2D eigenvalue weighted by molar-refractivity contribution is 0.852. The van der Waals surface area contributed by atoms with Crippen LogP contribution in [-0.2, 0) is 13.1 Å². The summed E-state index contributed by atoms with van der Waals surface area (Å²) in [6.45, 7) is 1.72. The minimum absolute atomic E-state index is 0.622. The third-order valence-corrected chi connectivity index (χ3v) is 4.16. The predicted octanol–water partition coefficient (Wildman–Crippen LogP) is 3.22. The Morgan fingerprint density at radius 3 is 2.73 bits per heavy atom. The molecule has 6 heteroatoms. The molecule has 1 aliphatic rings. The highest BCUT2D eigenvalue weighted by Crippen LogP contribution is 2.29. The fourth-order valence-corrected chi connectivity index (χ4v) is 3.01. The second-order valence-corrected chi connectivity index (χ2v) is 6.02. The molecule has 2 aromatic heterocycles. The van der Waals surface area contributed by atoms with Crippen LogP contribution in [0.4, 0.5) is 5.82 Å². The molecular formula is C16H12BrN5. The quantitative estimate of drug-likeness (QED) is 0.707. The molecule has 0 amide bonds. The van der Waals surface area contributed by atoms with Crippen LogP contribution in [0.15, 0.2) is 53.5 Å². The molecule has 3 heterocycles. The Kier molecular flexibility index (Phi) is 3.31. The number of anilines is 1. The van der Waals surface area contributed by atoms with E-state index in [0.717, 1.165) is 29.1 Å². The first-order chi connectivity index (χ1) is 10.8. The van der Waals surface area contributed by atoms with E-state index in [-0.39, 0.29) is 0 Å². The minimum Gasteiger partial charge on any atom is -0.348 e. The van der Waals surface area contributed by atoms with Crippen LogP contribution in [0.3, 0.4) is 0 Å². The second kappa shape index (κ2) is 5.46. The highest BCUT2D eigenvalue weighted by Gasteiger charge is 2.20. The summed E-state index contributed by atoms with van der Waals surface area (Å²) < 4.78 is 1.11. The first-order valence-corrected chi connectivity index (χ1v) is 7.70. The third kappa shape index (κ3) is 2.46. The normalized spacial score (nSPS) is 13.2. The van der Waals surface area contributed by atoms with Gasteiger partial charge in [-0.1, -0.05) is 22.0 Å². The molecule has 22 heavy (non-hydrogen) atoms. The average Bonchev–Trinajstić information content (AvgIpc) is 2.99. The molecule has 0 radical (unpaired) electrons. The number of fused-ring (bicyclic) bond motifs is 1. The van der Waals surface area contributed by atoms with Gasteiger partial charge in [0.2, 0.25) is 0 Å². The summed E-state index contributed by atoms with van der Waals surface area (Å²) >= 11 is 3.52. The second-order valence-electron chi connectivity index (χ2n) is 5.10. The molecule has 0 saturated heterocycles. The maximum atomic E-state index is 4.64. The molecule has 1 aliphatic heterocycles. The highest BCUT2D eigenvalue weighted by molar-refractivity contribution is 9.10. The Bertz CT molecular complexity index is 822. The topological polar surface area (TPSA) is 54.8 Å². The molecule has 0 aliphatic carbocycles. The van der Waals surface area contributed by atoms with Crippen LogP contribution < -0.4 is 4.90 Å². The molecule has 0 bridgehead atoms. The minimum atomic E-state index is 0.622. The van der Waals surface area contributed by atoms with Gasteiger partial charge in [0.05, 0.1) is 0 Å². The average molecular weight is 354 g/mol.